The lowest BCUT2D eigenvalue weighted by atomic mass is 10.0. The van der Waals surface area contributed by atoms with E-state index in [4.69, 9.17) is 30.3 Å². The van der Waals surface area contributed by atoms with Gasteiger partial charge in [-0.05, 0) is 54.8 Å². The molecule has 0 unspecified atom stereocenters. The number of benzene rings is 2. The van der Waals surface area contributed by atoms with E-state index in [1.165, 1.54) is 5.56 Å². The molecule has 4 aromatic rings. The molecule has 0 bridgehead atoms. The van der Waals surface area contributed by atoms with Gasteiger partial charge in [0.2, 0.25) is 0 Å². The van der Waals surface area contributed by atoms with Gasteiger partial charge in [0.15, 0.2) is 0 Å². The second-order valence-electron chi connectivity index (χ2n) is 8.50. The fraction of sp³-hybridized carbons (Fsp3) is 0.231. The lowest BCUT2D eigenvalue weighted by Gasteiger charge is -2.14. The second kappa shape index (κ2) is 14.6. The molecule has 1 atom stereocenters. The van der Waals surface area contributed by atoms with Crippen molar-refractivity contribution in [2.75, 3.05) is 6.61 Å². The SMILES string of the molecule is Cc1[nH]nc2ccc(-c3cncc(OC[C@@H](N)Cc4ccc(Br)cc4)c3)cc12.O=C(O)C(F)(F)F.O=C(O)C(F)(F)F. The van der Waals surface area contributed by atoms with Crippen LogP contribution in [0.1, 0.15) is 11.3 Å². The summed E-state index contributed by atoms with van der Waals surface area (Å²) in [7, 11) is 0. The summed E-state index contributed by atoms with van der Waals surface area (Å²) >= 11 is 3.45. The molecule has 0 spiro atoms. The van der Waals surface area contributed by atoms with Crippen LogP contribution >= 0.6 is 15.9 Å². The highest BCUT2D eigenvalue weighted by molar-refractivity contribution is 9.10. The molecular weight excluding hydrogens is 642 g/mol. The van der Waals surface area contributed by atoms with Gasteiger partial charge in [0.1, 0.15) is 12.4 Å². The summed E-state index contributed by atoms with van der Waals surface area (Å²) in [6, 6.07) is 16.3. The maximum Gasteiger partial charge on any atom is 0.490 e. The van der Waals surface area contributed by atoms with E-state index >= 15 is 0 Å². The zero-order chi connectivity index (χ0) is 31.7. The number of hydrogen-bond acceptors (Lipinski definition) is 6. The number of pyridine rings is 1. The van der Waals surface area contributed by atoms with E-state index in [0.29, 0.717) is 12.4 Å². The molecule has 4 rings (SSSR count). The quantitative estimate of drug-likeness (QED) is 0.186. The summed E-state index contributed by atoms with van der Waals surface area (Å²) < 4.78 is 70.4. The number of halogens is 7. The number of carboxylic acids is 2. The average molecular weight is 665 g/mol. The average Bonchev–Trinajstić information content (AvgIpc) is 3.28. The smallest absolute Gasteiger partial charge is 0.490 e. The molecule has 2 heterocycles. The number of carbonyl (C=O) groups is 2. The third-order valence-electron chi connectivity index (χ3n) is 5.15. The summed E-state index contributed by atoms with van der Waals surface area (Å²) in [6.07, 6.45) is -5.85. The fourth-order valence-electron chi connectivity index (χ4n) is 3.16. The number of alkyl halides is 6. The van der Waals surface area contributed by atoms with Crippen LogP contribution in [-0.4, -0.2) is 62.3 Å². The number of ether oxygens (including phenoxy) is 1. The minimum atomic E-state index is -5.08. The third kappa shape index (κ3) is 11.0. The molecule has 0 aliphatic carbocycles. The largest absolute Gasteiger partial charge is 0.490 e. The Morgan fingerprint density at radius 3 is 2.07 bits per heavy atom. The van der Waals surface area contributed by atoms with E-state index in [0.717, 1.165) is 38.6 Å². The van der Waals surface area contributed by atoms with Crippen molar-refractivity contribution in [3.8, 4) is 16.9 Å². The van der Waals surface area contributed by atoms with Crippen LogP contribution in [0.5, 0.6) is 5.75 Å². The highest BCUT2D eigenvalue weighted by Gasteiger charge is 2.38. The Morgan fingerprint density at radius 1 is 0.952 bits per heavy atom. The van der Waals surface area contributed by atoms with Crippen molar-refractivity contribution in [1.82, 2.24) is 15.2 Å². The minimum Gasteiger partial charge on any atom is -0.490 e. The van der Waals surface area contributed by atoms with Crippen molar-refractivity contribution in [2.24, 2.45) is 5.73 Å². The van der Waals surface area contributed by atoms with Gasteiger partial charge in [0.25, 0.3) is 0 Å². The van der Waals surface area contributed by atoms with Crippen molar-refractivity contribution < 1.29 is 50.9 Å². The van der Waals surface area contributed by atoms with Gasteiger partial charge in [-0.15, -0.1) is 0 Å². The topological polar surface area (TPSA) is 151 Å². The van der Waals surface area contributed by atoms with Crippen molar-refractivity contribution in [3.63, 3.8) is 0 Å². The zero-order valence-electron chi connectivity index (χ0n) is 21.5. The molecule has 2 aromatic carbocycles. The number of nitrogens with two attached hydrogens (primary N) is 1. The molecule has 0 aliphatic rings. The van der Waals surface area contributed by atoms with Gasteiger partial charge in [0.05, 0.1) is 11.7 Å². The van der Waals surface area contributed by atoms with E-state index in [9.17, 15) is 26.3 Å². The Labute approximate surface area is 242 Å². The Kier molecular flexibility index (Phi) is 11.9. The Hall–Kier alpha value is -4.18. The van der Waals surface area contributed by atoms with Crippen LogP contribution in [0.4, 0.5) is 26.3 Å². The Balaban J connectivity index is 0.000000367. The van der Waals surface area contributed by atoms with Gasteiger partial charge in [-0.25, -0.2) is 9.59 Å². The first-order valence-corrected chi connectivity index (χ1v) is 12.4. The number of hydrogen-bond donors (Lipinski definition) is 4. The first-order chi connectivity index (χ1) is 19.5. The molecule has 0 saturated carbocycles. The van der Waals surface area contributed by atoms with Gasteiger partial charge >= 0.3 is 24.3 Å². The molecule has 0 aliphatic heterocycles. The summed E-state index contributed by atoms with van der Waals surface area (Å²) in [5.41, 5.74) is 11.5. The number of carboxylic acid groups (broad SMARTS) is 2. The standard InChI is InChI=1S/C22H21BrN4O.2C2HF3O2/c1-14-21-10-16(4-7-22(21)27-26-14)17-9-20(12-25-11-17)28-13-19(24)8-15-2-5-18(23)6-3-15;2*3-2(4,5)1(6)7/h2-7,9-12,19H,8,13,24H2,1H3,(H,26,27);2*(H,6,7)/t19-;;/m0../s1. The normalized spacial score (nSPS) is 11.9. The number of aromatic nitrogens is 3. The van der Waals surface area contributed by atoms with Gasteiger partial charge in [-0.3, -0.25) is 10.1 Å². The lowest BCUT2D eigenvalue weighted by molar-refractivity contribution is -0.193. The number of rotatable bonds is 6. The molecular formula is C26H23BrF6N4O5. The monoisotopic (exact) mass is 664 g/mol. The summed E-state index contributed by atoms with van der Waals surface area (Å²) in [5, 5.41) is 22.7. The number of H-pyrrole nitrogens is 1. The molecule has 0 fully saturated rings. The first kappa shape index (κ1) is 34.0. The summed E-state index contributed by atoms with van der Waals surface area (Å²) in [4.78, 5) is 22.1. The van der Waals surface area contributed by atoms with E-state index < -0.39 is 24.3 Å². The molecule has 0 amide bonds. The van der Waals surface area contributed by atoms with Crippen LogP contribution in [0.25, 0.3) is 22.0 Å². The van der Waals surface area contributed by atoms with Gasteiger partial charge in [0, 0.05) is 33.4 Å². The summed E-state index contributed by atoms with van der Waals surface area (Å²) in [6.45, 7) is 2.45. The predicted octanol–water partition coefficient (Wildman–Crippen LogP) is 5.91. The van der Waals surface area contributed by atoms with Crippen LogP contribution < -0.4 is 10.5 Å². The number of nitrogens with one attached hydrogen (secondary N) is 1. The van der Waals surface area contributed by atoms with Crippen molar-refractivity contribution in [3.05, 3.63) is 76.7 Å². The van der Waals surface area contributed by atoms with Gasteiger partial charge in [-0.1, -0.05) is 34.1 Å². The van der Waals surface area contributed by atoms with Crippen molar-refractivity contribution in [2.45, 2.75) is 31.7 Å². The predicted molar refractivity (Wildman–Crippen MR) is 143 cm³/mol. The fourth-order valence-corrected chi connectivity index (χ4v) is 3.42. The summed E-state index contributed by atoms with van der Waals surface area (Å²) in [5.74, 6) is -4.80. The van der Waals surface area contributed by atoms with E-state index in [-0.39, 0.29) is 6.04 Å². The van der Waals surface area contributed by atoms with Crippen LogP contribution in [0, 0.1) is 6.92 Å². The van der Waals surface area contributed by atoms with Crippen LogP contribution in [0.15, 0.2) is 65.4 Å². The molecule has 226 valence electrons. The molecule has 5 N–H and O–H groups in total. The molecule has 42 heavy (non-hydrogen) atoms. The number of aryl methyl sites for hydroxylation is 1. The van der Waals surface area contributed by atoms with Crippen LogP contribution in [0.3, 0.4) is 0 Å². The number of aromatic amines is 1. The van der Waals surface area contributed by atoms with Gasteiger partial charge < -0.3 is 20.7 Å². The van der Waals surface area contributed by atoms with Crippen LogP contribution in [-0.2, 0) is 16.0 Å². The van der Waals surface area contributed by atoms with E-state index in [1.54, 1.807) is 6.20 Å². The van der Waals surface area contributed by atoms with Crippen LogP contribution in [0.2, 0.25) is 0 Å². The molecule has 9 nitrogen and oxygen atoms in total. The number of aliphatic carboxylic acids is 2. The lowest BCUT2D eigenvalue weighted by Crippen LogP contribution is -2.30. The van der Waals surface area contributed by atoms with Crippen molar-refractivity contribution in [1.29, 1.82) is 0 Å². The zero-order valence-corrected chi connectivity index (χ0v) is 23.1. The van der Waals surface area contributed by atoms with E-state index in [2.05, 4.69) is 49.3 Å². The molecule has 16 heteroatoms. The highest BCUT2D eigenvalue weighted by atomic mass is 79.9. The molecule has 2 aromatic heterocycles. The molecule has 0 radical (unpaired) electrons. The number of fused-ring (bicyclic) bond motifs is 1. The minimum absolute atomic E-state index is 0.0882. The Bertz CT molecular complexity index is 1470. The first-order valence-electron chi connectivity index (χ1n) is 11.6. The highest BCUT2D eigenvalue weighted by Crippen LogP contribution is 2.27. The second-order valence-corrected chi connectivity index (χ2v) is 9.41. The van der Waals surface area contributed by atoms with Gasteiger partial charge in [-0.2, -0.15) is 31.4 Å². The maximum absolute atomic E-state index is 10.6. The Morgan fingerprint density at radius 2 is 1.52 bits per heavy atom. The molecule has 0 saturated heterocycles. The van der Waals surface area contributed by atoms with Crippen molar-refractivity contribution >= 4 is 38.8 Å². The van der Waals surface area contributed by atoms with E-state index in [1.807, 2.05) is 43.5 Å². The third-order valence-corrected chi connectivity index (χ3v) is 5.68. The number of nitrogens with zero attached hydrogens (tertiary/aromatic N) is 2. The maximum atomic E-state index is 10.6.